The van der Waals surface area contributed by atoms with Crippen molar-refractivity contribution in [1.82, 2.24) is 16.0 Å². The minimum Gasteiger partial charge on any atom is -0.444 e. The lowest BCUT2D eigenvalue weighted by atomic mass is 9.94. The highest BCUT2D eigenvalue weighted by Crippen LogP contribution is 2.21. The topological polar surface area (TPSA) is 145 Å². The maximum atomic E-state index is 13.5. The van der Waals surface area contributed by atoms with Crippen molar-refractivity contribution in [3.8, 4) is 5.75 Å². The second kappa shape index (κ2) is 15.2. The lowest BCUT2D eigenvalue weighted by molar-refractivity contribution is -0.121. The van der Waals surface area contributed by atoms with Gasteiger partial charge >= 0.3 is 12.3 Å². The van der Waals surface area contributed by atoms with Crippen molar-refractivity contribution in [2.75, 3.05) is 19.6 Å². The number of amides is 2. The molecule has 0 fully saturated rings. The highest BCUT2D eigenvalue weighted by molar-refractivity contribution is 5.97. The molecule has 0 saturated heterocycles. The minimum atomic E-state index is -4.95. The molecule has 40 heavy (non-hydrogen) atoms. The van der Waals surface area contributed by atoms with E-state index in [2.05, 4.69) is 20.9 Å². The molecule has 0 spiro atoms. The molecular weight excluding hydrogens is 538 g/mol. The molecule has 0 heterocycles. The predicted molar refractivity (Wildman–Crippen MR) is 142 cm³/mol. The Labute approximate surface area is 230 Å². The molecule has 1 rings (SSSR count). The summed E-state index contributed by atoms with van der Waals surface area (Å²) in [5.41, 5.74) is -3.78. The molecule has 0 radical (unpaired) electrons. The fourth-order valence-electron chi connectivity index (χ4n) is 3.18. The van der Waals surface area contributed by atoms with Gasteiger partial charge in [-0.2, -0.15) is 13.2 Å². The normalized spacial score (nSPS) is 14.2. The monoisotopic (exact) mass is 575 g/mol. The Morgan fingerprint density at radius 2 is 1.80 bits per heavy atom. The summed E-state index contributed by atoms with van der Waals surface area (Å²) in [6.45, 7) is 7.96. The molecule has 14 heteroatoms. The molecule has 1 aromatic rings. The van der Waals surface area contributed by atoms with Crippen LogP contribution in [-0.2, 0) is 9.53 Å². The average molecular weight is 576 g/mol. The molecule has 1 aromatic carbocycles. The highest BCUT2D eigenvalue weighted by atomic mass is 19.4. The van der Waals surface area contributed by atoms with Crippen molar-refractivity contribution in [2.45, 2.75) is 71.3 Å². The fraction of sp³-hybridized carbons (Fsp3) is 0.538. The zero-order chi connectivity index (χ0) is 30.6. The summed E-state index contributed by atoms with van der Waals surface area (Å²) >= 11 is 0. The van der Waals surface area contributed by atoms with Crippen LogP contribution in [0.25, 0.3) is 0 Å². The van der Waals surface area contributed by atoms with Crippen LogP contribution in [0.2, 0.25) is 0 Å². The van der Waals surface area contributed by atoms with E-state index in [1.165, 1.54) is 19.1 Å². The number of alkyl carbamates (subject to hydrolysis) is 1. The molecule has 1 atom stereocenters. The molecule has 0 aromatic heterocycles. The van der Waals surface area contributed by atoms with Gasteiger partial charge < -0.3 is 30.5 Å². The van der Waals surface area contributed by atoms with Gasteiger partial charge in [0.15, 0.2) is 0 Å². The number of halogens is 4. The molecule has 0 aliphatic rings. The number of hydrogen-bond acceptors (Lipinski definition) is 7. The summed E-state index contributed by atoms with van der Waals surface area (Å²) in [5, 5.41) is 25.9. The third-order valence-corrected chi connectivity index (χ3v) is 4.96. The number of allylic oxidation sites excluding steroid dienone is 1. The Kier molecular flexibility index (Phi) is 13.1. The summed E-state index contributed by atoms with van der Waals surface area (Å²) in [5.74, 6) is -1.84. The number of benzene rings is 1. The predicted octanol–water partition coefficient (Wildman–Crippen LogP) is 4.20. The fourth-order valence-corrected chi connectivity index (χ4v) is 3.18. The van der Waals surface area contributed by atoms with Gasteiger partial charge in [-0.1, -0.05) is 19.4 Å². The number of hydrogen-bond donors (Lipinski definition) is 5. The lowest BCUT2D eigenvalue weighted by Gasteiger charge is -2.28. The standard InChI is InChI=1S/C26H37F4N5O5/c1-6-10-25(38,16-34-21(36)15-33-23(37)40-24(3,4)5)11-12-32-17(2)35-22(14-20(31)26(28,29)30)39-19-9-7-8-18(27)13-19/h7-9,13-14,31,38H,6,10-12,15-16H2,1-5H3,(H,32,35)(H,33,37)(H,34,36)/b22-14+,31-20?. The molecule has 0 bridgehead atoms. The number of aliphatic hydroxyl groups is 1. The SMILES string of the molecule is CCCC(O)(CCN/C(C)=N/C(=C\C(=N)C(F)(F)F)Oc1cccc(F)c1)CNC(=O)CNC(=O)OC(C)(C)C. The van der Waals surface area contributed by atoms with Crippen LogP contribution in [0.1, 0.15) is 53.9 Å². The summed E-state index contributed by atoms with van der Waals surface area (Å²) < 4.78 is 62.5. The second-order valence-corrected chi connectivity index (χ2v) is 9.93. The van der Waals surface area contributed by atoms with Crippen molar-refractivity contribution < 1.29 is 41.7 Å². The average Bonchev–Trinajstić information content (AvgIpc) is 2.80. The van der Waals surface area contributed by atoms with E-state index >= 15 is 0 Å². The molecule has 0 aliphatic heterocycles. The number of aliphatic imine (C=N–C) groups is 1. The van der Waals surface area contributed by atoms with Gasteiger partial charge in [0, 0.05) is 25.2 Å². The van der Waals surface area contributed by atoms with Crippen molar-refractivity contribution in [3.63, 3.8) is 0 Å². The van der Waals surface area contributed by atoms with Gasteiger partial charge in [0.1, 0.15) is 28.7 Å². The number of carbonyl (C=O) groups is 2. The third kappa shape index (κ3) is 14.5. The zero-order valence-corrected chi connectivity index (χ0v) is 23.2. The van der Waals surface area contributed by atoms with Gasteiger partial charge in [-0.05, 0) is 52.7 Å². The summed E-state index contributed by atoms with van der Waals surface area (Å²) in [7, 11) is 0. The maximum Gasteiger partial charge on any atom is 0.432 e. The summed E-state index contributed by atoms with van der Waals surface area (Å²) in [6.07, 6.45) is -4.31. The van der Waals surface area contributed by atoms with E-state index in [0.717, 1.165) is 12.1 Å². The van der Waals surface area contributed by atoms with E-state index in [1.54, 1.807) is 20.8 Å². The third-order valence-electron chi connectivity index (χ3n) is 4.96. The van der Waals surface area contributed by atoms with Gasteiger partial charge in [-0.25, -0.2) is 14.2 Å². The van der Waals surface area contributed by atoms with Gasteiger partial charge in [-0.15, -0.1) is 0 Å². The van der Waals surface area contributed by atoms with E-state index < -0.39 is 46.8 Å². The van der Waals surface area contributed by atoms with E-state index in [0.29, 0.717) is 18.9 Å². The van der Waals surface area contributed by atoms with Crippen molar-refractivity contribution in [2.24, 2.45) is 4.99 Å². The van der Waals surface area contributed by atoms with Crippen molar-refractivity contribution in [3.05, 3.63) is 42.0 Å². The number of nitrogens with one attached hydrogen (secondary N) is 4. The largest absolute Gasteiger partial charge is 0.444 e. The van der Waals surface area contributed by atoms with Gasteiger partial charge in [0.05, 0.1) is 12.1 Å². The number of alkyl halides is 3. The van der Waals surface area contributed by atoms with Crippen LogP contribution in [0.5, 0.6) is 5.75 Å². The Bertz CT molecular complexity index is 1090. The minimum absolute atomic E-state index is 0.0991. The second-order valence-electron chi connectivity index (χ2n) is 9.93. The van der Waals surface area contributed by atoms with E-state index in [9.17, 15) is 32.3 Å². The molecular formula is C26H37F4N5O5. The number of nitrogens with zero attached hydrogens (tertiary/aromatic N) is 1. The summed E-state index contributed by atoms with van der Waals surface area (Å²) in [4.78, 5) is 27.8. The first-order valence-electron chi connectivity index (χ1n) is 12.5. The molecule has 0 saturated carbocycles. The first kappa shape index (κ1) is 34.3. The number of rotatable bonds is 13. The summed E-state index contributed by atoms with van der Waals surface area (Å²) in [6, 6.07) is 4.69. The molecule has 5 N–H and O–H groups in total. The first-order valence-corrected chi connectivity index (χ1v) is 12.5. The Balaban J connectivity index is 2.79. The van der Waals surface area contributed by atoms with Crippen LogP contribution >= 0.6 is 0 Å². The quantitative estimate of drug-likeness (QED) is 0.103. The molecule has 1 unspecified atom stereocenters. The molecule has 10 nitrogen and oxygen atoms in total. The number of carbonyl (C=O) groups excluding carboxylic acids is 2. The maximum absolute atomic E-state index is 13.5. The lowest BCUT2D eigenvalue weighted by Crippen LogP contribution is -2.47. The van der Waals surface area contributed by atoms with Crippen LogP contribution < -0.4 is 20.7 Å². The van der Waals surface area contributed by atoms with Crippen LogP contribution in [0.4, 0.5) is 22.4 Å². The molecule has 2 amide bonds. The van der Waals surface area contributed by atoms with E-state index in [1.807, 2.05) is 6.92 Å². The number of ether oxygens (including phenoxy) is 2. The smallest absolute Gasteiger partial charge is 0.432 e. The Hall–Kier alpha value is -3.68. The van der Waals surface area contributed by atoms with Gasteiger partial charge in [-0.3, -0.25) is 10.2 Å². The van der Waals surface area contributed by atoms with Crippen LogP contribution in [0, 0.1) is 11.2 Å². The van der Waals surface area contributed by atoms with E-state index in [-0.39, 0.29) is 37.6 Å². The highest BCUT2D eigenvalue weighted by Gasteiger charge is 2.33. The van der Waals surface area contributed by atoms with Crippen LogP contribution in [-0.4, -0.2) is 65.7 Å². The Morgan fingerprint density at radius 1 is 1.12 bits per heavy atom. The van der Waals surface area contributed by atoms with Crippen molar-refractivity contribution in [1.29, 1.82) is 5.41 Å². The Morgan fingerprint density at radius 3 is 2.38 bits per heavy atom. The van der Waals surface area contributed by atoms with E-state index in [4.69, 9.17) is 14.9 Å². The first-order chi connectivity index (χ1) is 18.4. The van der Waals surface area contributed by atoms with Gasteiger partial charge in [0.25, 0.3) is 0 Å². The van der Waals surface area contributed by atoms with Crippen molar-refractivity contribution >= 4 is 23.5 Å². The molecule has 224 valence electrons. The van der Waals surface area contributed by atoms with Gasteiger partial charge in [0.2, 0.25) is 11.8 Å². The number of amidine groups is 1. The zero-order valence-electron chi connectivity index (χ0n) is 23.2. The molecule has 0 aliphatic carbocycles. The van der Waals surface area contributed by atoms with Crippen LogP contribution in [0.15, 0.2) is 41.2 Å². The van der Waals surface area contributed by atoms with Crippen LogP contribution in [0.3, 0.4) is 0 Å².